The SMILES string of the molecule is COC(=O)C1CCCN1c1cc(F)ccc1OC. The van der Waals surface area contributed by atoms with E-state index in [0.29, 0.717) is 24.4 Å². The van der Waals surface area contributed by atoms with Crippen molar-refractivity contribution in [3.8, 4) is 5.75 Å². The highest BCUT2D eigenvalue weighted by Gasteiger charge is 2.33. The molecule has 18 heavy (non-hydrogen) atoms. The molecule has 4 nitrogen and oxygen atoms in total. The Morgan fingerprint density at radius 3 is 2.89 bits per heavy atom. The van der Waals surface area contributed by atoms with Crippen molar-refractivity contribution in [3.05, 3.63) is 24.0 Å². The first-order valence-electron chi connectivity index (χ1n) is 5.85. The van der Waals surface area contributed by atoms with Crippen LogP contribution in [0.5, 0.6) is 5.75 Å². The molecule has 1 aromatic rings. The van der Waals surface area contributed by atoms with Crippen molar-refractivity contribution >= 4 is 11.7 Å². The molecule has 0 aromatic heterocycles. The lowest BCUT2D eigenvalue weighted by Crippen LogP contribution is -2.37. The Balaban J connectivity index is 2.35. The standard InChI is InChI=1S/C13H16FNO3/c1-17-12-6-5-9(14)8-11(12)15-7-3-4-10(15)13(16)18-2/h5-6,8,10H,3-4,7H2,1-2H3. The Morgan fingerprint density at radius 2 is 2.22 bits per heavy atom. The van der Waals surface area contributed by atoms with Gasteiger partial charge in [-0.1, -0.05) is 0 Å². The molecule has 1 aromatic carbocycles. The number of halogens is 1. The third-order valence-electron chi connectivity index (χ3n) is 3.18. The maximum atomic E-state index is 13.3. The van der Waals surface area contributed by atoms with Gasteiger partial charge in [0.05, 0.1) is 19.9 Å². The third kappa shape index (κ3) is 2.25. The summed E-state index contributed by atoms with van der Waals surface area (Å²) in [4.78, 5) is 13.5. The zero-order valence-corrected chi connectivity index (χ0v) is 10.5. The molecule has 0 aliphatic carbocycles. The molecule has 0 radical (unpaired) electrons. The van der Waals surface area contributed by atoms with Crippen LogP contribution in [0.2, 0.25) is 0 Å². The van der Waals surface area contributed by atoms with Gasteiger partial charge in [0.1, 0.15) is 17.6 Å². The molecule has 0 spiro atoms. The number of carbonyl (C=O) groups excluding carboxylic acids is 1. The van der Waals surface area contributed by atoms with E-state index in [2.05, 4.69) is 0 Å². The molecular weight excluding hydrogens is 237 g/mol. The Labute approximate surface area is 105 Å². The van der Waals surface area contributed by atoms with Crippen LogP contribution in [0.15, 0.2) is 18.2 Å². The first kappa shape index (κ1) is 12.7. The average Bonchev–Trinajstić information content (AvgIpc) is 2.86. The van der Waals surface area contributed by atoms with Gasteiger partial charge in [-0.3, -0.25) is 0 Å². The first-order valence-corrected chi connectivity index (χ1v) is 5.85. The number of ether oxygens (including phenoxy) is 2. The van der Waals surface area contributed by atoms with Crippen molar-refractivity contribution < 1.29 is 18.7 Å². The molecule has 0 saturated carbocycles. The molecule has 0 N–H and O–H groups in total. The minimum Gasteiger partial charge on any atom is -0.495 e. The van der Waals surface area contributed by atoms with Gasteiger partial charge in [0.2, 0.25) is 0 Å². The van der Waals surface area contributed by atoms with Crippen LogP contribution in [-0.4, -0.2) is 32.8 Å². The minimum atomic E-state index is -0.356. The number of hydrogen-bond donors (Lipinski definition) is 0. The number of carbonyl (C=O) groups is 1. The van der Waals surface area contributed by atoms with Gasteiger partial charge in [-0.2, -0.15) is 0 Å². The molecule has 98 valence electrons. The van der Waals surface area contributed by atoms with Crippen molar-refractivity contribution in [2.75, 3.05) is 25.7 Å². The molecule has 1 unspecified atom stereocenters. The van der Waals surface area contributed by atoms with E-state index in [-0.39, 0.29) is 17.8 Å². The van der Waals surface area contributed by atoms with Crippen LogP contribution in [0.25, 0.3) is 0 Å². The van der Waals surface area contributed by atoms with Crippen LogP contribution in [0.4, 0.5) is 10.1 Å². The molecule has 2 rings (SSSR count). The maximum absolute atomic E-state index is 13.3. The zero-order valence-electron chi connectivity index (χ0n) is 10.5. The summed E-state index contributed by atoms with van der Waals surface area (Å²) in [6.07, 6.45) is 1.59. The number of methoxy groups -OCH3 is 2. The van der Waals surface area contributed by atoms with Crippen molar-refractivity contribution in [2.45, 2.75) is 18.9 Å². The third-order valence-corrected chi connectivity index (χ3v) is 3.18. The van der Waals surface area contributed by atoms with Crippen LogP contribution in [0.1, 0.15) is 12.8 Å². The van der Waals surface area contributed by atoms with Crippen LogP contribution < -0.4 is 9.64 Å². The average molecular weight is 253 g/mol. The summed E-state index contributed by atoms with van der Waals surface area (Å²) in [5, 5.41) is 0. The quantitative estimate of drug-likeness (QED) is 0.772. The normalized spacial score (nSPS) is 18.8. The summed E-state index contributed by atoms with van der Waals surface area (Å²) < 4.78 is 23.3. The van der Waals surface area contributed by atoms with E-state index in [9.17, 15) is 9.18 Å². The van der Waals surface area contributed by atoms with Gasteiger partial charge in [0.25, 0.3) is 0 Å². The second-order valence-corrected chi connectivity index (χ2v) is 4.19. The number of nitrogens with zero attached hydrogens (tertiary/aromatic N) is 1. The summed E-state index contributed by atoms with van der Waals surface area (Å²) in [7, 11) is 2.89. The monoisotopic (exact) mass is 253 g/mol. The van der Waals surface area contributed by atoms with Gasteiger partial charge in [0.15, 0.2) is 0 Å². The fourth-order valence-corrected chi connectivity index (χ4v) is 2.32. The van der Waals surface area contributed by atoms with Gasteiger partial charge >= 0.3 is 5.97 Å². The van der Waals surface area contributed by atoms with Crippen molar-refractivity contribution in [1.82, 2.24) is 0 Å². The summed E-state index contributed by atoms with van der Waals surface area (Å²) in [6, 6.07) is 3.94. The van der Waals surface area contributed by atoms with Gasteiger partial charge in [-0.05, 0) is 25.0 Å². The van der Waals surface area contributed by atoms with Gasteiger partial charge in [-0.25, -0.2) is 9.18 Å². The van der Waals surface area contributed by atoms with E-state index in [1.807, 2.05) is 4.90 Å². The fraction of sp³-hybridized carbons (Fsp3) is 0.462. The van der Waals surface area contributed by atoms with Gasteiger partial charge in [0, 0.05) is 12.6 Å². The number of anilines is 1. The van der Waals surface area contributed by atoms with E-state index in [1.54, 1.807) is 6.07 Å². The van der Waals surface area contributed by atoms with Crippen molar-refractivity contribution in [3.63, 3.8) is 0 Å². The molecule has 0 bridgehead atoms. The fourth-order valence-electron chi connectivity index (χ4n) is 2.32. The van der Waals surface area contributed by atoms with Gasteiger partial charge in [-0.15, -0.1) is 0 Å². The molecule has 1 aliphatic rings. The second-order valence-electron chi connectivity index (χ2n) is 4.19. The molecular formula is C13H16FNO3. The number of esters is 1. The van der Waals surface area contributed by atoms with Crippen LogP contribution in [0, 0.1) is 5.82 Å². The van der Waals surface area contributed by atoms with E-state index < -0.39 is 0 Å². The Hall–Kier alpha value is -1.78. The number of rotatable bonds is 3. The Morgan fingerprint density at radius 1 is 1.44 bits per heavy atom. The molecule has 5 heteroatoms. The van der Waals surface area contributed by atoms with Gasteiger partial charge < -0.3 is 14.4 Å². The van der Waals surface area contributed by atoms with Crippen LogP contribution in [-0.2, 0) is 9.53 Å². The lowest BCUT2D eigenvalue weighted by molar-refractivity contribution is -0.141. The lowest BCUT2D eigenvalue weighted by atomic mass is 10.2. The summed E-state index contributed by atoms with van der Waals surface area (Å²) in [5.41, 5.74) is 0.602. The predicted molar refractivity (Wildman–Crippen MR) is 65.3 cm³/mol. The van der Waals surface area contributed by atoms with Crippen LogP contribution >= 0.6 is 0 Å². The smallest absolute Gasteiger partial charge is 0.328 e. The second kappa shape index (κ2) is 5.25. The molecule has 1 aliphatic heterocycles. The zero-order chi connectivity index (χ0) is 13.1. The molecule has 0 amide bonds. The lowest BCUT2D eigenvalue weighted by Gasteiger charge is -2.26. The maximum Gasteiger partial charge on any atom is 0.328 e. The topological polar surface area (TPSA) is 38.8 Å². The molecule has 1 saturated heterocycles. The largest absolute Gasteiger partial charge is 0.495 e. The number of hydrogen-bond acceptors (Lipinski definition) is 4. The Kier molecular flexibility index (Phi) is 3.69. The van der Waals surface area contributed by atoms with Crippen molar-refractivity contribution in [1.29, 1.82) is 0 Å². The van der Waals surface area contributed by atoms with E-state index >= 15 is 0 Å². The highest BCUT2D eigenvalue weighted by atomic mass is 19.1. The minimum absolute atomic E-state index is 0.293. The number of benzene rings is 1. The first-order chi connectivity index (χ1) is 8.67. The molecule has 1 atom stereocenters. The summed E-state index contributed by atoms with van der Waals surface area (Å²) in [6.45, 7) is 0.694. The van der Waals surface area contributed by atoms with E-state index in [4.69, 9.17) is 9.47 Å². The van der Waals surface area contributed by atoms with E-state index in [1.165, 1.54) is 26.4 Å². The van der Waals surface area contributed by atoms with Crippen LogP contribution in [0.3, 0.4) is 0 Å². The predicted octanol–water partition coefficient (Wildman–Crippen LogP) is 1.98. The molecule has 1 heterocycles. The molecule has 1 fully saturated rings. The summed E-state index contributed by atoms with van der Waals surface area (Å²) >= 11 is 0. The Bertz CT molecular complexity index is 450. The summed E-state index contributed by atoms with van der Waals surface area (Å²) in [5.74, 6) is -0.0765. The van der Waals surface area contributed by atoms with Crippen molar-refractivity contribution in [2.24, 2.45) is 0 Å². The highest BCUT2D eigenvalue weighted by Crippen LogP contribution is 2.34. The highest BCUT2D eigenvalue weighted by molar-refractivity contribution is 5.81. The van der Waals surface area contributed by atoms with E-state index in [0.717, 1.165) is 6.42 Å².